The number of amides is 1. The van der Waals surface area contributed by atoms with Crippen molar-refractivity contribution in [3.05, 3.63) is 30.6 Å². The Labute approximate surface area is 117 Å². The average molecular weight is 273 g/mol. The fraction of sp³-hybridized carbons (Fsp3) is 0.467. The number of nitrogens with zero attached hydrogens (tertiary/aromatic N) is 2. The predicted octanol–water partition coefficient (Wildman–Crippen LogP) is 1.46. The normalized spacial score (nSPS) is 22.9. The molecule has 1 aromatic heterocycles. The second-order valence-electron chi connectivity index (χ2n) is 5.39. The minimum Gasteiger partial charge on any atom is -0.391 e. The number of nitrogens with one attached hydrogen (secondary N) is 1. The van der Waals surface area contributed by atoms with E-state index in [2.05, 4.69) is 10.3 Å². The van der Waals surface area contributed by atoms with Crippen molar-refractivity contribution in [3.63, 3.8) is 0 Å². The Morgan fingerprint density at radius 2 is 2.15 bits per heavy atom. The maximum atomic E-state index is 12.1. The Morgan fingerprint density at radius 1 is 1.35 bits per heavy atom. The topological polar surface area (TPSA) is 67.2 Å². The number of rotatable bonds is 3. The highest BCUT2D eigenvalue weighted by molar-refractivity contribution is 5.80. The Hall–Kier alpha value is -1.88. The second-order valence-corrected chi connectivity index (χ2v) is 5.39. The molecule has 20 heavy (non-hydrogen) atoms. The summed E-state index contributed by atoms with van der Waals surface area (Å²) in [6.45, 7) is 0.240. The van der Waals surface area contributed by atoms with Gasteiger partial charge >= 0.3 is 0 Å². The summed E-state index contributed by atoms with van der Waals surface area (Å²) in [5, 5.41) is 12.8. The number of benzene rings is 1. The van der Waals surface area contributed by atoms with Crippen LogP contribution in [0.2, 0.25) is 0 Å². The molecule has 1 saturated carbocycles. The zero-order valence-electron chi connectivity index (χ0n) is 11.3. The molecule has 0 spiro atoms. The van der Waals surface area contributed by atoms with Crippen molar-refractivity contribution < 1.29 is 9.90 Å². The lowest BCUT2D eigenvalue weighted by molar-refractivity contribution is -0.123. The SMILES string of the molecule is O=C(Cn1cnc2ccccc21)N[C@H]1CCCC[C@@H]1O. The first kappa shape index (κ1) is 13.1. The molecule has 2 atom stereocenters. The lowest BCUT2D eigenvalue weighted by Gasteiger charge is -2.28. The lowest BCUT2D eigenvalue weighted by Crippen LogP contribution is -2.46. The number of fused-ring (bicyclic) bond motifs is 1. The summed E-state index contributed by atoms with van der Waals surface area (Å²) < 4.78 is 1.83. The van der Waals surface area contributed by atoms with Gasteiger partial charge in [-0.05, 0) is 25.0 Å². The second kappa shape index (κ2) is 5.63. The number of carbonyl (C=O) groups excluding carboxylic acids is 1. The van der Waals surface area contributed by atoms with Crippen molar-refractivity contribution in [1.82, 2.24) is 14.9 Å². The Morgan fingerprint density at radius 3 is 3.00 bits per heavy atom. The lowest BCUT2D eigenvalue weighted by atomic mass is 9.92. The van der Waals surface area contributed by atoms with Gasteiger partial charge in [-0.15, -0.1) is 0 Å². The summed E-state index contributed by atoms with van der Waals surface area (Å²) in [6.07, 6.45) is 5.01. The summed E-state index contributed by atoms with van der Waals surface area (Å²) >= 11 is 0. The highest BCUT2D eigenvalue weighted by atomic mass is 16.3. The van der Waals surface area contributed by atoms with Crippen LogP contribution in [-0.2, 0) is 11.3 Å². The van der Waals surface area contributed by atoms with E-state index in [1.54, 1.807) is 6.33 Å². The van der Waals surface area contributed by atoms with Crippen LogP contribution in [0.25, 0.3) is 11.0 Å². The van der Waals surface area contributed by atoms with E-state index in [0.29, 0.717) is 0 Å². The minimum atomic E-state index is -0.410. The summed E-state index contributed by atoms with van der Waals surface area (Å²) in [6, 6.07) is 7.63. The van der Waals surface area contributed by atoms with Crippen LogP contribution in [0, 0.1) is 0 Å². The molecule has 1 amide bonds. The van der Waals surface area contributed by atoms with E-state index < -0.39 is 6.10 Å². The number of aliphatic hydroxyl groups is 1. The number of para-hydroxylation sites is 2. The van der Waals surface area contributed by atoms with Crippen molar-refractivity contribution in [2.45, 2.75) is 44.4 Å². The molecule has 1 fully saturated rings. The van der Waals surface area contributed by atoms with Gasteiger partial charge in [0.05, 0.1) is 29.5 Å². The Bertz CT molecular complexity index is 608. The van der Waals surface area contributed by atoms with E-state index in [9.17, 15) is 9.90 Å². The highest BCUT2D eigenvalue weighted by Gasteiger charge is 2.24. The fourth-order valence-corrected chi connectivity index (χ4v) is 2.82. The number of hydrogen-bond acceptors (Lipinski definition) is 3. The third-order valence-corrected chi connectivity index (χ3v) is 3.92. The summed E-state index contributed by atoms with van der Waals surface area (Å²) in [5.74, 6) is -0.0703. The molecule has 2 N–H and O–H groups in total. The smallest absolute Gasteiger partial charge is 0.240 e. The van der Waals surface area contributed by atoms with E-state index in [-0.39, 0.29) is 18.5 Å². The quantitative estimate of drug-likeness (QED) is 0.889. The van der Waals surface area contributed by atoms with Crippen LogP contribution in [0.4, 0.5) is 0 Å². The number of hydrogen-bond donors (Lipinski definition) is 2. The third kappa shape index (κ3) is 2.67. The first-order valence-corrected chi connectivity index (χ1v) is 7.11. The summed E-state index contributed by atoms with van der Waals surface area (Å²) in [7, 11) is 0. The molecule has 0 unspecified atom stereocenters. The van der Waals surface area contributed by atoms with Crippen LogP contribution in [0.3, 0.4) is 0 Å². The molecule has 106 valence electrons. The third-order valence-electron chi connectivity index (χ3n) is 3.92. The molecule has 1 heterocycles. The van der Waals surface area contributed by atoms with Crippen molar-refractivity contribution in [2.24, 2.45) is 0 Å². The van der Waals surface area contributed by atoms with Gasteiger partial charge in [-0.3, -0.25) is 4.79 Å². The van der Waals surface area contributed by atoms with E-state index in [4.69, 9.17) is 0 Å². The van der Waals surface area contributed by atoms with Gasteiger partial charge in [-0.1, -0.05) is 25.0 Å². The van der Waals surface area contributed by atoms with E-state index in [1.807, 2.05) is 28.8 Å². The Kier molecular flexibility index (Phi) is 3.69. The van der Waals surface area contributed by atoms with Crippen LogP contribution in [0.5, 0.6) is 0 Å². The molecule has 0 bridgehead atoms. The van der Waals surface area contributed by atoms with Crippen molar-refractivity contribution >= 4 is 16.9 Å². The van der Waals surface area contributed by atoms with Gasteiger partial charge in [0, 0.05) is 0 Å². The van der Waals surface area contributed by atoms with Crippen LogP contribution in [-0.4, -0.2) is 32.7 Å². The van der Waals surface area contributed by atoms with Crippen LogP contribution in [0.1, 0.15) is 25.7 Å². The zero-order chi connectivity index (χ0) is 13.9. The molecule has 0 radical (unpaired) electrons. The summed E-state index contributed by atoms with van der Waals surface area (Å²) in [5.41, 5.74) is 1.84. The minimum absolute atomic E-state index is 0.0703. The maximum absolute atomic E-state index is 12.1. The zero-order valence-corrected chi connectivity index (χ0v) is 11.3. The van der Waals surface area contributed by atoms with Gasteiger partial charge in [0.25, 0.3) is 0 Å². The molecular weight excluding hydrogens is 254 g/mol. The summed E-state index contributed by atoms with van der Waals surface area (Å²) in [4.78, 5) is 16.4. The van der Waals surface area contributed by atoms with Gasteiger partial charge < -0.3 is 15.0 Å². The molecule has 3 rings (SSSR count). The maximum Gasteiger partial charge on any atom is 0.240 e. The average Bonchev–Trinajstić information content (AvgIpc) is 2.85. The van der Waals surface area contributed by atoms with E-state index >= 15 is 0 Å². The van der Waals surface area contributed by atoms with Gasteiger partial charge in [-0.2, -0.15) is 0 Å². The van der Waals surface area contributed by atoms with E-state index in [0.717, 1.165) is 36.7 Å². The molecule has 1 aliphatic carbocycles. The van der Waals surface area contributed by atoms with E-state index in [1.165, 1.54) is 0 Å². The molecular formula is C15H19N3O2. The monoisotopic (exact) mass is 273 g/mol. The van der Waals surface area contributed by atoms with Gasteiger partial charge in [0.2, 0.25) is 5.91 Å². The van der Waals surface area contributed by atoms with Gasteiger partial charge in [-0.25, -0.2) is 4.98 Å². The number of aliphatic hydroxyl groups excluding tert-OH is 1. The largest absolute Gasteiger partial charge is 0.391 e. The predicted molar refractivity (Wildman–Crippen MR) is 76.1 cm³/mol. The van der Waals surface area contributed by atoms with Crippen LogP contribution in [0.15, 0.2) is 30.6 Å². The standard InChI is InChI=1S/C15H19N3O2/c19-14-8-4-2-6-12(14)17-15(20)9-18-10-16-11-5-1-3-7-13(11)18/h1,3,5,7,10,12,14,19H,2,4,6,8-9H2,(H,17,20)/t12-,14-/m0/s1. The molecule has 0 saturated heterocycles. The molecule has 2 aromatic rings. The van der Waals surface area contributed by atoms with Crippen LogP contribution >= 0.6 is 0 Å². The van der Waals surface area contributed by atoms with Crippen molar-refractivity contribution in [2.75, 3.05) is 0 Å². The highest BCUT2D eigenvalue weighted by Crippen LogP contribution is 2.18. The fourth-order valence-electron chi connectivity index (χ4n) is 2.82. The number of aromatic nitrogens is 2. The first-order chi connectivity index (χ1) is 9.74. The number of imidazole rings is 1. The van der Waals surface area contributed by atoms with Gasteiger partial charge in [0.1, 0.15) is 6.54 Å². The Balaban J connectivity index is 1.66. The van der Waals surface area contributed by atoms with Crippen molar-refractivity contribution in [1.29, 1.82) is 0 Å². The van der Waals surface area contributed by atoms with Crippen molar-refractivity contribution in [3.8, 4) is 0 Å². The molecule has 1 aromatic carbocycles. The molecule has 1 aliphatic rings. The molecule has 5 nitrogen and oxygen atoms in total. The first-order valence-electron chi connectivity index (χ1n) is 7.11. The molecule has 0 aliphatic heterocycles. The number of carbonyl (C=O) groups is 1. The van der Waals surface area contributed by atoms with Gasteiger partial charge in [0.15, 0.2) is 0 Å². The van der Waals surface area contributed by atoms with Crippen LogP contribution < -0.4 is 5.32 Å². The molecule has 5 heteroatoms.